The normalized spacial score (nSPS) is 9.92. The van der Waals surface area contributed by atoms with Gasteiger partial charge in [-0.25, -0.2) is 0 Å². The molecule has 0 unspecified atom stereocenters. The minimum atomic E-state index is -0.613. The lowest BCUT2D eigenvalue weighted by Crippen LogP contribution is -1.88. The van der Waals surface area contributed by atoms with E-state index in [0.717, 1.165) is 0 Å². The zero-order valence-electron chi connectivity index (χ0n) is 5.64. The lowest BCUT2D eigenvalue weighted by molar-refractivity contribution is 0.108. The topological polar surface area (TPSA) is 37.3 Å². The molecule has 0 saturated heterocycles. The molecule has 5 heteroatoms. The molecule has 1 aromatic rings. The van der Waals surface area contributed by atoms with Gasteiger partial charge in [0.15, 0.2) is 0 Å². The minimum Gasteiger partial charge on any atom is -0.505 e. The summed E-state index contributed by atoms with van der Waals surface area (Å²) in [5.41, 5.74) is 0.242. The Hall–Kier alpha value is -0.250. The number of phenols is 1. The van der Waals surface area contributed by atoms with Gasteiger partial charge in [0.2, 0.25) is 0 Å². The summed E-state index contributed by atoms with van der Waals surface area (Å²) < 4.78 is 0.346. The fourth-order valence-corrected chi connectivity index (χ4v) is 1.58. The molecule has 0 heterocycles. The zero-order valence-corrected chi connectivity index (χ0v) is 8.74. The van der Waals surface area contributed by atoms with Crippen molar-refractivity contribution in [2.24, 2.45) is 0 Å². The quantitative estimate of drug-likeness (QED) is 0.795. The average Bonchev–Trinajstić information content (AvgIpc) is 1.99. The highest BCUT2D eigenvalue weighted by atomic mass is 79.9. The van der Waals surface area contributed by atoms with Gasteiger partial charge in [-0.2, -0.15) is 0 Å². The van der Waals surface area contributed by atoms with Crippen LogP contribution in [0, 0.1) is 0 Å². The number of carbonyl (C=O) groups excluding carboxylic acids is 1. The van der Waals surface area contributed by atoms with Gasteiger partial charge in [-0.1, -0.05) is 11.6 Å². The number of rotatable bonds is 1. The van der Waals surface area contributed by atoms with Gasteiger partial charge < -0.3 is 5.11 Å². The van der Waals surface area contributed by atoms with E-state index in [2.05, 4.69) is 15.9 Å². The van der Waals surface area contributed by atoms with Gasteiger partial charge in [0.05, 0.1) is 9.50 Å². The third-order valence-corrected chi connectivity index (χ3v) is 2.35. The lowest BCUT2D eigenvalue weighted by Gasteiger charge is -2.01. The van der Waals surface area contributed by atoms with Crippen molar-refractivity contribution in [1.82, 2.24) is 0 Å². The van der Waals surface area contributed by atoms with Crippen LogP contribution >= 0.6 is 39.1 Å². The van der Waals surface area contributed by atoms with E-state index in [-0.39, 0.29) is 16.3 Å². The van der Waals surface area contributed by atoms with Crippen LogP contribution in [0.15, 0.2) is 16.6 Å². The molecule has 0 bridgehead atoms. The molecular weight excluding hydrogens is 267 g/mol. The molecule has 0 spiro atoms. The number of hydrogen-bond donors (Lipinski definition) is 1. The van der Waals surface area contributed by atoms with Crippen LogP contribution in [-0.4, -0.2) is 10.3 Å². The average molecular weight is 270 g/mol. The van der Waals surface area contributed by atoms with E-state index in [1.807, 2.05) is 0 Å². The van der Waals surface area contributed by atoms with E-state index in [1.54, 1.807) is 0 Å². The number of phenolic OH excluding ortho intramolecular Hbond substituents is 1. The van der Waals surface area contributed by atoms with E-state index < -0.39 is 5.24 Å². The first-order valence-electron chi connectivity index (χ1n) is 2.90. The molecule has 0 amide bonds. The predicted molar refractivity (Wildman–Crippen MR) is 51.0 cm³/mol. The predicted octanol–water partition coefficient (Wildman–Crippen LogP) is 3.19. The Morgan fingerprint density at radius 2 is 2.08 bits per heavy atom. The first-order chi connectivity index (χ1) is 5.52. The maximum Gasteiger partial charge on any atom is 0.252 e. The van der Waals surface area contributed by atoms with Crippen molar-refractivity contribution >= 4 is 44.4 Å². The molecule has 0 aliphatic rings. The zero-order chi connectivity index (χ0) is 9.30. The van der Waals surface area contributed by atoms with Crippen molar-refractivity contribution < 1.29 is 9.90 Å². The summed E-state index contributed by atoms with van der Waals surface area (Å²) in [5.74, 6) is -0.0988. The van der Waals surface area contributed by atoms with Crippen LogP contribution in [0.1, 0.15) is 10.4 Å². The summed E-state index contributed by atoms with van der Waals surface area (Å²) in [6.45, 7) is 0. The Morgan fingerprint density at radius 3 is 2.50 bits per heavy atom. The second-order valence-corrected chi connectivity index (χ2v) is 3.67. The molecule has 0 atom stereocenters. The molecule has 1 rings (SSSR count). The highest BCUT2D eigenvalue weighted by molar-refractivity contribution is 9.10. The summed E-state index contributed by atoms with van der Waals surface area (Å²) in [6.07, 6.45) is 0. The first-order valence-corrected chi connectivity index (χ1v) is 4.45. The van der Waals surface area contributed by atoms with Crippen molar-refractivity contribution in [3.8, 4) is 5.75 Å². The maximum absolute atomic E-state index is 10.7. The fourth-order valence-electron chi connectivity index (χ4n) is 0.679. The molecule has 64 valence electrons. The Bertz CT molecular complexity index is 315. The molecule has 1 N–H and O–H groups in total. The molecular formula is C7H3BrCl2O2. The number of aromatic hydroxyl groups is 1. The Morgan fingerprint density at radius 1 is 1.50 bits per heavy atom. The molecule has 2 nitrogen and oxygen atoms in total. The van der Waals surface area contributed by atoms with Crippen LogP contribution in [0.2, 0.25) is 5.02 Å². The maximum atomic E-state index is 10.7. The van der Waals surface area contributed by atoms with Crippen LogP contribution in [0.25, 0.3) is 0 Å². The number of benzene rings is 1. The molecule has 0 aliphatic heterocycles. The van der Waals surface area contributed by atoms with E-state index in [0.29, 0.717) is 4.47 Å². The number of hydrogen-bond acceptors (Lipinski definition) is 2. The largest absolute Gasteiger partial charge is 0.505 e. The van der Waals surface area contributed by atoms with Gasteiger partial charge in [0.1, 0.15) is 5.75 Å². The monoisotopic (exact) mass is 268 g/mol. The fraction of sp³-hybridized carbons (Fsp3) is 0. The SMILES string of the molecule is O=C(Cl)c1cc(Cl)c(O)c(Br)c1. The highest BCUT2D eigenvalue weighted by Gasteiger charge is 2.09. The Kier molecular flexibility index (Phi) is 2.99. The summed E-state index contributed by atoms with van der Waals surface area (Å²) >= 11 is 13.8. The Balaban J connectivity index is 3.31. The lowest BCUT2D eigenvalue weighted by atomic mass is 10.2. The first kappa shape index (κ1) is 9.84. The molecule has 0 fully saturated rings. The minimum absolute atomic E-state index is 0.0911. The van der Waals surface area contributed by atoms with Crippen LogP contribution < -0.4 is 0 Å². The summed E-state index contributed by atoms with van der Waals surface area (Å²) in [4.78, 5) is 10.7. The van der Waals surface area contributed by atoms with E-state index >= 15 is 0 Å². The van der Waals surface area contributed by atoms with Gasteiger partial charge in [-0.05, 0) is 39.7 Å². The van der Waals surface area contributed by atoms with Gasteiger partial charge >= 0.3 is 0 Å². The van der Waals surface area contributed by atoms with Gasteiger partial charge in [-0.3, -0.25) is 4.79 Å². The second-order valence-electron chi connectivity index (χ2n) is 2.06. The van der Waals surface area contributed by atoms with Gasteiger partial charge in [0.25, 0.3) is 5.24 Å². The van der Waals surface area contributed by atoms with Crippen LogP contribution in [-0.2, 0) is 0 Å². The molecule has 0 aliphatic carbocycles. The second kappa shape index (κ2) is 3.64. The van der Waals surface area contributed by atoms with Crippen molar-refractivity contribution in [3.05, 3.63) is 27.2 Å². The van der Waals surface area contributed by atoms with E-state index in [9.17, 15) is 9.90 Å². The van der Waals surface area contributed by atoms with Crippen molar-refractivity contribution in [2.45, 2.75) is 0 Å². The standard InChI is InChI=1S/C7H3BrCl2O2/c8-4-1-3(7(10)12)2-5(9)6(4)11/h1-2,11H. The van der Waals surface area contributed by atoms with Crippen LogP contribution in [0.5, 0.6) is 5.75 Å². The van der Waals surface area contributed by atoms with Crippen molar-refractivity contribution in [3.63, 3.8) is 0 Å². The van der Waals surface area contributed by atoms with E-state index in [1.165, 1.54) is 12.1 Å². The van der Waals surface area contributed by atoms with Crippen LogP contribution in [0.4, 0.5) is 0 Å². The smallest absolute Gasteiger partial charge is 0.252 e. The Labute approximate surface area is 87.2 Å². The summed E-state index contributed by atoms with van der Waals surface area (Å²) in [7, 11) is 0. The van der Waals surface area contributed by atoms with Crippen molar-refractivity contribution in [2.75, 3.05) is 0 Å². The van der Waals surface area contributed by atoms with Crippen molar-refractivity contribution in [1.29, 1.82) is 0 Å². The summed E-state index contributed by atoms with van der Waals surface area (Å²) in [6, 6.07) is 2.70. The molecule has 0 radical (unpaired) electrons. The van der Waals surface area contributed by atoms with E-state index in [4.69, 9.17) is 23.2 Å². The number of carbonyl (C=O) groups is 1. The summed E-state index contributed by atoms with van der Waals surface area (Å²) in [5, 5.41) is 8.66. The van der Waals surface area contributed by atoms with Gasteiger partial charge in [0, 0.05) is 5.56 Å². The van der Waals surface area contributed by atoms with Crippen LogP contribution in [0.3, 0.4) is 0 Å². The molecule has 12 heavy (non-hydrogen) atoms. The third kappa shape index (κ3) is 1.91. The molecule has 0 aromatic heterocycles. The molecule has 1 aromatic carbocycles. The molecule has 0 saturated carbocycles. The third-order valence-electron chi connectivity index (χ3n) is 1.24. The number of halogens is 3. The van der Waals surface area contributed by atoms with Gasteiger partial charge in [-0.15, -0.1) is 0 Å². The highest BCUT2D eigenvalue weighted by Crippen LogP contribution is 2.33.